The molecule has 0 fully saturated rings. The monoisotopic (exact) mass is 351 g/mol. The minimum Gasteiger partial charge on any atom is -0.310 e. The third-order valence-corrected chi connectivity index (χ3v) is 5.80. The summed E-state index contributed by atoms with van der Waals surface area (Å²) in [6, 6.07) is 36.5. The molecule has 0 spiro atoms. The van der Waals surface area contributed by atoms with E-state index >= 15 is 0 Å². The fourth-order valence-electron chi connectivity index (χ4n) is 3.45. The van der Waals surface area contributed by atoms with Gasteiger partial charge in [0, 0.05) is 37.2 Å². The van der Waals surface area contributed by atoms with Gasteiger partial charge in [0.25, 0.3) is 0 Å². The molecule has 0 radical (unpaired) electrons. The first-order valence-corrected chi connectivity index (χ1v) is 9.53. The number of thiophene rings is 1. The number of para-hydroxylation sites is 2. The molecule has 0 atom stereocenters. The van der Waals surface area contributed by atoms with Gasteiger partial charge in [-0.25, -0.2) is 0 Å². The Balaban J connectivity index is 1.75. The van der Waals surface area contributed by atoms with Crippen molar-refractivity contribution in [2.24, 2.45) is 0 Å². The first kappa shape index (κ1) is 15.2. The minimum atomic E-state index is 1.16. The van der Waals surface area contributed by atoms with Crippen LogP contribution in [0.25, 0.3) is 20.2 Å². The number of fused-ring (bicyclic) bond motifs is 3. The highest BCUT2D eigenvalue weighted by atomic mass is 32.1. The van der Waals surface area contributed by atoms with Crippen molar-refractivity contribution in [2.75, 3.05) is 4.90 Å². The van der Waals surface area contributed by atoms with E-state index in [4.69, 9.17) is 0 Å². The number of benzene rings is 4. The molecule has 0 aliphatic heterocycles. The summed E-state index contributed by atoms with van der Waals surface area (Å²) >= 11 is 1.86. The lowest BCUT2D eigenvalue weighted by Crippen LogP contribution is -2.09. The lowest BCUT2D eigenvalue weighted by Gasteiger charge is -2.25. The third-order valence-electron chi connectivity index (χ3n) is 4.65. The molecule has 124 valence electrons. The highest BCUT2D eigenvalue weighted by Crippen LogP contribution is 2.40. The highest BCUT2D eigenvalue weighted by Gasteiger charge is 2.13. The number of hydrogen-bond acceptors (Lipinski definition) is 2. The van der Waals surface area contributed by atoms with Gasteiger partial charge in [-0.05, 0) is 48.5 Å². The van der Waals surface area contributed by atoms with Crippen molar-refractivity contribution in [3.05, 3.63) is 103 Å². The first-order valence-electron chi connectivity index (χ1n) is 8.72. The third kappa shape index (κ3) is 2.56. The molecule has 0 bridgehead atoms. The van der Waals surface area contributed by atoms with E-state index in [1.165, 1.54) is 25.9 Å². The molecule has 0 amide bonds. The van der Waals surface area contributed by atoms with E-state index in [2.05, 4.69) is 108 Å². The lowest BCUT2D eigenvalue weighted by molar-refractivity contribution is 1.29. The van der Waals surface area contributed by atoms with Crippen LogP contribution in [0.4, 0.5) is 17.1 Å². The van der Waals surface area contributed by atoms with Crippen molar-refractivity contribution in [3.8, 4) is 0 Å². The molecular formula is C24H17NS. The largest absolute Gasteiger partial charge is 0.310 e. The van der Waals surface area contributed by atoms with Crippen LogP contribution in [0.2, 0.25) is 0 Å². The van der Waals surface area contributed by atoms with Gasteiger partial charge in [-0.15, -0.1) is 11.3 Å². The Labute approximate surface area is 156 Å². The predicted molar refractivity (Wildman–Crippen MR) is 114 cm³/mol. The molecule has 0 aliphatic carbocycles. The Kier molecular flexibility index (Phi) is 3.69. The maximum Gasteiger partial charge on any atom is 0.0468 e. The Morgan fingerprint density at radius 2 is 1.04 bits per heavy atom. The Hall–Kier alpha value is -3.10. The number of anilines is 3. The SMILES string of the molecule is c1ccc(N(c2ccccc2)c2ccc3sc4ccccc4c3c2)cc1. The fourth-order valence-corrected chi connectivity index (χ4v) is 4.54. The zero-order valence-corrected chi connectivity index (χ0v) is 15.0. The van der Waals surface area contributed by atoms with Gasteiger partial charge < -0.3 is 4.90 Å². The number of rotatable bonds is 3. The molecule has 0 N–H and O–H groups in total. The zero-order valence-electron chi connectivity index (χ0n) is 14.2. The van der Waals surface area contributed by atoms with Crippen LogP contribution < -0.4 is 4.90 Å². The van der Waals surface area contributed by atoms with Gasteiger partial charge in [-0.3, -0.25) is 0 Å². The van der Waals surface area contributed by atoms with Crippen LogP contribution in [0, 0.1) is 0 Å². The molecule has 5 rings (SSSR count). The Bertz CT molecular complexity index is 1140. The van der Waals surface area contributed by atoms with Crippen molar-refractivity contribution in [1.82, 2.24) is 0 Å². The van der Waals surface area contributed by atoms with Crippen LogP contribution in [-0.2, 0) is 0 Å². The summed E-state index contributed by atoms with van der Waals surface area (Å²) in [5.74, 6) is 0. The van der Waals surface area contributed by atoms with Gasteiger partial charge in [-0.1, -0.05) is 54.6 Å². The molecule has 0 saturated carbocycles. The van der Waals surface area contributed by atoms with E-state index in [0.29, 0.717) is 0 Å². The maximum absolute atomic E-state index is 2.31. The standard InChI is InChI=1S/C24H17NS/c1-3-9-18(10-4-1)25(19-11-5-2-6-12-19)20-15-16-24-22(17-20)21-13-7-8-14-23(21)26-24/h1-17H. The average molecular weight is 351 g/mol. The summed E-state index contributed by atoms with van der Waals surface area (Å²) < 4.78 is 2.67. The molecule has 5 aromatic rings. The second kappa shape index (κ2) is 6.32. The molecule has 1 aromatic heterocycles. The molecule has 0 unspecified atom stereocenters. The van der Waals surface area contributed by atoms with E-state index < -0.39 is 0 Å². The second-order valence-electron chi connectivity index (χ2n) is 6.29. The van der Waals surface area contributed by atoms with Gasteiger partial charge in [0.1, 0.15) is 0 Å². The van der Waals surface area contributed by atoms with Crippen molar-refractivity contribution in [1.29, 1.82) is 0 Å². The zero-order chi connectivity index (χ0) is 17.3. The molecule has 0 saturated heterocycles. The quantitative estimate of drug-likeness (QED) is 0.325. The molecule has 4 aromatic carbocycles. The predicted octanol–water partition coefficient (Wildman–Crippen LogP) is 7.52. The van der Waals surface area contributed by atoms with E-state index in [1.807, 2.05) is 11.3 Å². The Morgan fingerprint density at radius 3 is 1.73 bits per heavy atom. The average Bonchev–Trinajstić information content (AvgIpc) is 3.08. The van der Waals surface area contributed by atoms with Crippen LogP contribution in [0.5, 0.6) is 0 Å². The van der Waals surface area contributed by atoms with E-state index in [0.717, 1.165) is 11.4 Å². The lowest BCUT2D eigenvalue weighted by atomic mass is 10.1. The number of hydrogen-bond donors (Lipinski definition) is 0. The molecule has 0 aliphatic rings. The van der Waals surface area contributed by atoms with Crippen molar-refractivity contribution < 1.29 is 0 Å². The topological polar surface area (TPSA) is 3.24 Å². The van der Waals surface area contributed by atoms with Crippen molar-refractivity contribution >= 4 is 48.6 Å². The normalized spacial score (nSPS) is 11.1. The molecule has 26 heavy (non-hydrogen) atoms. The van der Waals surface area contributed by atoms with Crippen LogP contribution in [0.15, 0.2) is 103 Å². The summed E-state index contributed by atoms with van der Waals surface area (Å²) in [6.45, 7) is 0. The second-order valence-corrected chi connectivity index (χ2v) is 7.37. The smallest absolute Gasteiger partial charge is 0.0468 e. The van der Waals surface area contributed by atoms with Crippen LogP contribution in [0.1, 0.15) is 0 Å². The molecule has 1 nitrogen and oxygen atoms in total. The summed E-state index contributed by atoms with van der Waals surface area (Å²) in [5.41, 5.74) is 3.51. The molecule has 1 heterocycles. The van der Waals surface area contributed by atoms with E-state index in [9.17, 15) is 0 Å². The molecular weight excluding hydrogens is 334 g/mol. The Morgan fingerprint density at radius 1 is 0.462 bits per heavy atom. The van der Waals surface area contributed by atoms with Crippen LogP contribution in [0.3, 0.4) is 0 Å². The fraction of sp³-hybridized carbons (Fsp3) is 0. The van der Waals surface area contributed by atoms with Crippen LogP contribution >= 0.6 is 11.3 Å². The van der Waals surface area contributed by atoms with Crippen molar-refractivity contribution in [3.63, 3.8) is 0 Å². The summed E-state index contributed by atoms with van der Waals surface area (Å²) in [5, 5.41) is 2.65. The molecule has 2 heteroatoms. The van der Waals surface area contributed by atoms with Gasteiger partial charge in [0.05, 0.1) is 0 Å². The van der Waals surface area contributed by atoms with E-state index in [1.54, 1.807) is 0 Å². The van der Waals surface area contributed by atoms with E-state index in [-0.39, 0.29) is 0 Å². The summed E-state index contributed by atoms with van der Waals surface area (Å²) in [7, 11) is 0. The van der Waals surface area contributed by atoms with Gasteiger partial charge in [0.2, 0.25) is 0 Å². The summed E-state index contributed by atoms with van der Waals surface area (Å²) in [4.78, 5) is 2.31. The first-order chi connectivity index (χ1) is 12.9. The van der Waals surface area contributed by atoms with Gasteiger partial charge >= 0.3 is 0 Å². The minimum absolute atomic E-state index is 1.16. The summed E-state index contributed by atoms with van der Waals surface area (Å²) in [6.07, 6.45) is 0. The van der Waals surface area contributed by atoms with Gasteiger partial charge in [0.15, 0.2) is 0 Å². The van der Waals surface area contributed by atoms with Gasteiger partial charge in [-0.2, -0.15) is 0 Å². The number of nitrogens with zero attached hydrogens (tertiary/aromatic N) is 1. The van der Waals surface area contributed by atoms with Crippen molar-refractivity contribution in [2.45, 2.75) is 0 Å². The highest BCUT2D eigenvalue weighted by molar-refractivity contribution is 7.25. The maximum atomic E-state index is 2.31. The van der Waals surface area contributed by atoms with Crippen LogP contribution in [-0.4, -0.2) is 0 Å².